The predicted octanol–water partition coefficient (Wildman–Crippen LogP) is 4.69. The molecule has 3 N–H and O–H groups in total. The third-order valence-electron chi connectivity index (χ3n) is 5.93. The van der Waals surface area contributed by atoms with Gasteiger partial charge in [0, 0.05) is 33.2 Å². The van der Waals surface area contributed by atoms with Crippen LogP contribution >= 0.6 is 0 Å². The van der Waals surface area contributed by atoms with Gasteiger partial charge in [-0.15, -0.1) is 0 Å². The summed E-state index contributed by atoms with van der Waals surface area (Å²) in [7, 11) is -0.279. The molecule has 1 aromatic heterocycles. The van der Waals surface area contributed by atoms with E-state index < -0.39 is 0 Å². The van der Waals surface area contributed by atoms with Crippen LogP contribution in [0.15, 0.2) is 54.7 Å². The first kappa shape index (κ1) is 25.0. The quantitative estimate of drug-likeness (QED) is 0.229. The number of hydrogen-bond donors (Lipinski definition) is 2. The third kappa shape index (κ3) is 7.17. The van der Waals surface area contributed by atoms with Crippen molar-refractivity contribution in [3.05, 3.63) is 54.7 Å². The Balaban J connectivity index is 1.33. The van der Waals surface area contributed by atoms with Gasteiger partial charge in [0.05, 0.1) is 23.6 Å². The molecule has 3 aromatic rings. The van der Waals surface area contributed by atoms with Crippen molar-refractivity contribution in [1.82, 2.24) is 14.7 Å². The summed E-state index contributed by atoms with van der Waals surface area (Å²) in [5.74, 6) is 1.26. The van der Waals surface area contributed by atoms with E-state index >= 15 is 0 Å². The molecule has 0 atom stereocenters. The van der Waals surface area contributed by atoms with E-state index in [1.54, 1.807) is 24.4 Å². The Morgan fingerprint density at radius 2 is 1.83 bits per heavy atom. The summed E-state index contributed by atoms with van der Waals surface area (Å²) in [6.45, 7) is 8.12. The fourth-order valence-corrected chi connectivity index (χ4v) is 4.54. The fraction of sp³-hybridized carbons (Fsp3) is 0.385. The molecule has 0 unspecified atom stereocenters. The Hall–Kier alpha value is -3.14. The average Bonchev–Trinajstić information content (AvgIpc) is 3.51. The minimum atomic E-state index is -0.279. The van der Waals surface area contributed by atoms with Crippen LogP contribution in [0.2, 0.25) is 19.1 Å². The number of nitrogen functional groups attached to an aromatic ring is 1. The summed E-state index contributed by atoms with van der Waals surface area (Å²) < 4.78 is 13.6. The lowest BCUT2D eigenvalue weighted by Crippen LogP contribution is -2.31. The van der Waals surface area contributed by atoms with Crippen LogP contribution in [-0.4, -0.2) is 55.6 Å². The van der Waals surface area contributed by atoms with Gasteiger partial charge >= 0.3 is 0 Å². The number of amides is 1. The average molecular weight is 493 g/mol. The summed E-state index contributed by atoms with van der Waals surface area (Å²) in [5, 5.41) is 7.29. The minimum absolute atomic E-state index is 0.0474. The summed E-state index contributed by atoms with van der Waals surface area (Å²) >= 11 is 0. The molecule has 8 nitrogen and oxygen atoms in total. The number of rotatable bonds is 11. The molecule has 1 radical (unpaired) electrons. The molecule has 9 heteroatoms. The van der Waals surface area contributed by atoms with Crippen molar-refractivity contribution >= 4 is 26.1 Å². The Morgan fingerprint density at radius 1 is 1.09 bits per heavy atom. The highest BCUT2D eigenvalue weighted by atomic mass is 28.3. The van der Waals surface area contributed by atoms with Gasteiger partial charge in [0.1, 0.15) is 18.2 Å². The molecule has 0 bridgehead atoms. The molecule has 1 saturated heterocycles. The van der Waals surface area contributed by atoms with Crippen molar-refractivity contribution < 1.29 is 14.3 Å². The molecule has 1 fully saturated rings. The van der Waals surface area contributed by atoms with E-state index in [4.69, 9.17) is 15.2 Å². The third-order valence-corrected chi connectivity index (χ3v) is 7.13. The van der Waals surface area contributed by atoms with Gasteiger partial charge in [-0.3, -0.25) is 9.69 Å². The maximum Gasteiger partial charge on any atom is 0.238 e. The van der Waals surface area contributed by atoms with Crippen LogP contribution in [0.25, 0.3) is 11.3 Å². The number of carbonyl (C=O) groups is 1. The van der Waals surface area contributed by atoms with Crippen LogP contribution in [0, 0.1) is 0 Å². The Labute approximate surface area is 208 Å². The van der Waals surface area contributed by atoms with Gasteiger partial charge in [0.2, 0.25) is 5.91 Å². The Kier molecular flexibility index (Phi) is 8.57. The molecule has 0 saturated carbocycles. The van der Waals surface area contributed by atoms with Crippen LogP contribution in [-0.2, 0) is 16.3 Å². The highest BCUT2D eigenvalue weighted by Gasteiger charge is 2.16. The number of nitrogens with one attached hydrogen (secondary N) is 1. The lowest BCUT2D eigenvalue weighted by Gasteiger charge is -2.15. The molecule has 35 heavy (non-hydrogen) atoms. The highest BCUT2D eigenvalue weighted by molar-refractivity contribution is 6.55. The second-order valence-electron chi connectivity index (χ2n) is 9.12. The Morgan fingerprint density at radius 3 is 2.54 bits per heavy atom. The van der Waals surface area contributed by atoms with Crippen LogP contribution in [0.3, 0.4) is 0 Å². The number of nitrogens with zero attached hydrogens (tertiary/aromatic N) is 3. The first-order chi connectivity index (χ1) is 17.0. The zero-order valence-electron chi connectivity index (χ0n) is 20.5. The molecule has 2 aromatic carbocycles. The molecule has 1 aliphatic rings. The lowest BCUT2D eigenvalue weighted by atomic mass is 10.1. The monoisotopic (exact) mass is 492 g/mol. The highest BCUT2D eigenvalue weighted by Crippen LogP contribution is 2.30. The molecule has 1 aliphatic heterocycles. The molecule has 4 rings (SSSR count). The van der Waals surface area contributed by atoms with Crippen molar-refractivity contribution in [2.75, 3.05) is 37.3 Å². The van der Waals surface area contributed by atoms with Gasteiger partial charge in [-0.05, 0) is 74.4 Å². The molecule has 0 spiro atoms. The summed E-state index contributed by atoms with van der Waals surface area (Å²) in [5.41, 5.74) is 9.27. The van der Waals surface area contributed by atoms with Crippen molar-refractivity contribution in [3.8, 4) is 22.8 Å². The van der Waals surface area contributed by atoms with Gasteiger partial charge in [-0.1, -0.05) is 13.1 Å². The first-order valence-electron chi connectivity index (χ1n) is 12.1. The predicted molar refractivity (Wildman–Crippen MR) is 141 cm³/mol. The Bertz CT molecular complexity index is 1110. The van der Waals surface area contributed by atoms with Gasteiger partial charge in [-0.2, -0.15) is 5.10 Å². The number of ether oxygens (including phenoxy) is 2. The van der Waals surface area contributed by atoms with Crippen molar-refractivity contribution in [3.63, 3.8) is 0 Å². The van der Waals surface area contributed by atoms with Crippen LogP contribution < -0.4 is 15.8 Å². The number of nitrogens with two attached hydrogens (primary N) is 1. The lowest BCUT2D eigenvalue weighted by molar-refractivity contribution is -0.117. The molecule has 185 valence electrons. The zero-order valence-corrected chi connectivity index (χ0v) is 21.5. The van der Waals surface area contributed by atoms with Crippen molar-refractivity contribution in [2.45, 2.75) is 38.7 Å². The number of likely N-dealkylation sites (tertiary alicyclic amines) is 1. The minimum Gasteiger partial charge on any atom is -0.457 e. The molecule has 0 aliphatic carbocycles. The van der Waals surface area contributed by atoms with Gasteiger partial charge in [-0.25, -0.2) is 4.68 Å². The summed E-state index contributed by atoms with van der Waals surface area (Å²) in [6, 6.07) is 16.2. The second kappa shape index (κ2) is 12.0. The molecular weight excluding hydrogens is 458 g/mol. The van der Waals surface area contributed by atoms with Gasteiger partial charge < -0.3 is 20.5 Å². The maximum absolute atomic E-state index is 12.3. The van der Waals surface area contributed by atoms with Gasteiger partial charge in [0.25, 0.3) is 0 Å². The van der Waals surface area contributed by atoms with E-state index in [-0.39, 0.29) is 14.7 Å². The summed E-state index contributed by atoms with van der Waals surface area (Å²) in [6.07, 6.45) is 4.09. The molecule has 1 amide bonds. The van der Waals surface area contributed by atoms with E-state index in [1.807, 2.05) is 35.0 Å². The fourth-order valence-electron chi connectivity index (χ4n) is 3.99. The number of anilines is 2. The van der Waals surface area contributed by atoms with Crippen LogP contribution in [0.4, 0.5) is 11.4 Å². The van der Waals surface area contributed by atoms with Crippen LogP contribution in [0.5, 0.6) is 11.5 Å². The normalized spacial score (nSPS) is 13.9. The number of benzene rings is 2. The van der Waals surface area contributed by atoms with E-state index in [0.29, 0.717) is 36.1 Å². The van der Waals surface area contributed by atoms with E-state index in [0.717, 1.165) is 49.8 Å². The first-order valence-corrected chi connectivity index (χ1v) is 14.8. The second-order valence-corrected chi connectivity index (χ2v) is 12.0. The summed E-state index contributed by atoms with van der Waals surface area (Å²) in [4.78, 5) is 14.5. The zero-order chi connectivity index (χ0) is 24.6. The molecule has 2 heterocycles. The topological polar surface area (TPSA) is 94.6 Å². The number of carbonyl (C=O) groups excluding carboxylic acids is 1. The van der Waals surface area contributed by atoms with E-state index in [9.17, 15) is 4.79 Å². The largest absolute Gasteiger partial charge is 0.457 e. The van der Waals surface area contributed by atoms with E-state index in [2.05, 4.69) is 28.4 Å². The van der Waals surface area contributed by atoms with Gasteiger partial charge in [0.15, 0.2) is 0 Å². The number of aromatic nitrogens is 2. The van der Waals surface area contributed by atoms with Crippen molar-refractivity contribution in [1.29, 1.82) is 0 Å². The van der Waals surface area contributed by atoms with Crippen molar-refractivity contribution in [2.24, 2.45) is 0 Å². The number of hydrogen-bond acceptors (Lipinski definition) is 6. The van der Waals surface area contributed by atoms with Crippen LogP contribution in [0.1, 0.15) is 12.8 Å². The standard InChI is InChI=1S/C26H34N5O3Si/c1-35(2)16-15-33-19-31-25(11-12-28-31)20-5-7-21(8-6-20)34-22-9-10-24(23(27)17-22)29-26(32)18-30-13-3-4-14-30/h5-12,17H,3-4,13-16,18-19,27H2,1-2H3,(H,29,32). The molecular formula is C26H34N5O3Si. The maximum atomic E-state index is 12.3. The smallest absolute Gasteiger partial charge is 0.238 e. The SMILES string of the molecule is C[Si](C)CCOCn1nccc1-c1ccc(Oc2ccc(NC(=O)CN3CCCC3)c(N)c2)cc1. The van der Waals surface area contributed by atoms with E-state index in [1.165, 1.54) is 0 Å².